The Labute approximate surface area is 172 Å². The van der Waals surface area contributed by atoms with E-state index in [1.807, 2.05) is 35.6 Å². The van der Waals surface area contributed by atoms with Gasteiger partial charge in [-0.05, 0) is 18.2 Å². The number of aromatic nitrogens is 2. The molecular formula is C26H16N2S. The monoisotopic (exact) mass is 388 g/mol. The van der Waals surface area contributed by atoms with Gasteiger partial charge in [-0.15, -0.1) is 11.3 Å². The lowest BCUT2D eigenvalue weighted by atomic mass is 10.0. The lowest BCUT2D eigenvalue weighted by Gasteiger charge is -2.11. The Balaban J connectivity index is 1.80. The summed E-state index contributed by atoms with van der Waals surface area (Å²) in [5, 5.41) is 3.65. The van der Waals surface area contributed by atoms with Crippen LogP contribution >= 0.6 is 11.3 Å². The number of fused-ring (bicyclic) bond motifs is 5. The van der Waals surface area contributed by atoms with Crippen molar-refractivity contribution in [2.75, 3.05) is 0 Å². The fourth-order valence-corrected chi connectivity index (χ4v) is 5.07. The van der Waals surface area contributed by atoms with E-state index in [4.69, 9.17) is 9.97 Å². The van der Waals surface area contributed by atoms with Gasteiger partial charge in [0.2, 0.25) is 0 Å². The van der Waals surface area contributed by atoms with E-state index in [1.54, 1.807) is 0 Å². The van der Waals surface area contributed by atoms with Crippen molar-refractivity contribution < 1.29 is 0 Å². The van der Waals surface area contributed by atoms with Crippen LogP contribution in [0.5, 0.6) is 0 Å². The normalized spacial score (nSPS) is 11.4. The molecule has 0 aliphatic heterocycles. The summed E-state index contributed by atoms with van der Waals surface area (Å²) in [6, 6.07) is 33.6. The van der Waals surface area contributed by atoms with E-state index in [1.165, 1.54) is 20.2 Å². The molecule has 0 N–H and O–H groups in total. The number of hydrogen-bond acceptors (Lipinski definition) is 3. The first-order chi connectivity index (χ1) is 14.4. The van der Waals surface area contributed by atoms with E-state index in [2.05, 4.69) is 72.8 Å². The van der Waals surface area contributed by atoms with Gasteiger partial charge in [0, 0.05) is 36.7 Å². The van der Waals surface area contributed by atoms with Gasteiger partial charge in [-0.3, -0.25) is 0 Å². The van der Waals surface area contributed by atoms with Crippen molar-refractivity contribution in [3.63, 3.8) is 0 Å². The van der Waals surface area contributed by atoms with Gasteiger partial charge >= 0.3 is 0 Å². The Morgan fingerprint density at radius 2 is 1.21 bits per heavy atom. The third-order valence-corrected chi connectivity index (χ3v) is 6.42. The van der Waals surface area contributed by atoms with Gasteiger partial charge in [-0.2, -0.15) is 0 Å². The molecule has 0 aliphatic rings. The summed E-state index contributed by atoms with van der Waals surface area (Å²) in [6.07, 6.45) is 0. The highest BCUT2D eigenvalue weighted by atomic mass is 32.1. The Bertz CT molecular complexity index is 1490. The summed E-state index contributed by atoms with van der Waals surface area (Å²) < 4.78 is 2.56. The molecular weight excluding hydrogens is 372 g/mol. The Morgan fingerprint density at radius 3 is 2.00 bits per heavy atom. The van der Waals surface area contributed by atoms with Crippen molar-refractivity contribution in [2.24, 2.45) is 0 Å². The van der Waals surface area contributed by atoms with Gasteiger partial charge < -0.3 is 0 Å². The minimum absolute atomic E-state index is 0.760. The maximum atomic E-state index is 5.07. The zero-order valence-electron chi connectivity index (χ0n) is 15.5. The summed E-state index contributed by atoms with van der Waals surface area (Å²) in [7, 11) is 0. The van der Waals surface area contributed by atoms with Crippen LogP contribution in [0.25, 0.3) is 53.7 Å². The Kier molecular flexibility index (Phi) is 3.68. The molecule has 0 fully saturated rings. The number of thiophene rings is 1. The molecule has 2 aromatic heterocycles. The van der Waals surface area contributed by atoms with Crippen molar-refractivity contribution in [1.82, 2.24) is 9.97 Å². The average Bonchev–Trinajstić information content (AvgIpc) is 3.18. The van der Waals surface area contributed by atoms with Gasteiger partial charge in [-0.1, -0.05) is 78.9 Å². The van der Waals surface area contributed by atoms with E-state index < -0.39 is 0 Å². The lowest BCUT2D eigenvalue weighted by molar-refractivity contribution is 1.23. The largest absolute Gasteiger partial charge is 0.228 e. The van der Waals surface area contributed by atoms with Gasteiger partial charge in [-0.25, -0.2) is 9.97 Å². The van der Waals surface area contributed by atoms with E-state index in [0.29, 0.717) is 0 Å². The quantitative estimate of drug-likeness (QED) is 0.310. The van der Waals surface area contributed by atoms with Crippen LogP contribution in [0.1, 0.15) is 0 Å². The summed E-state index contributed by atoms with van der Waals surface area (Å²) >= 11 is 1.83. The van der Waals surface area contributed by atoms with Crippen molar-refractivity contribution in [2.45, 2.75) is 0 Å². The Morgan fingerprint density at radius 1 is 0.517 bits per heavy atom. The van der Waals surface area contributed by atoms with Gasteiger partial charge in [0.1, 0.15) is 0 Å². The molecule has 6 aromatic rings. The number of rotatable bonds is 2. The van der Waals surface area contributed by atoms with Crippen LogP contribution in [-0.2, 0) is 0 Å². The molecule has 0 bridgehead atoms. The van der Waals surface area contributed by atoms with E-state index in [0.717, 1.165) is 33.5 Å². The van der Waals surface area contributed by atoms with Crippen LogP contribution in [0.3, 0.4) is 0 Å². The molecule has 136 valence electrons. The molecule has 3 heteroatoms. The lowest BCUT2D eigenvalue weighted by Crippen LogP contribution is -1.95. The number of hydrogen-bond donors (Lipinski definition) is 0. The van der Waals surface area contributed by atoms with Crippen LogP contribution < -0.4 is 0 Å². The van der Waals surface area contributed by atoms with E-state index in [9.17, 15) is 0 Å². The van der Waals surface area contributed by atoms with Crippen LogP contribution in [0.2, 0.25) is 0 Å². The SMILES string of the molecule is c1ccc(-c2nc(-c3ccccc3)c3c(ccc4sc5ccccc5c43)n2)cc1. The van der Waals surface area contributed by atoms with Crippen molar-refractivity contribution in [1.29, 1.82) is 0 Å². The van der Waals surface area contributed by atoms with Gasteiger partial charge in [0.15, 0.2) is 5.82 Å². The van der Waals surface area contributed by atoms with Crippen LogP contribution in [0, 0.1) is 0 Å². The van der Waals surface area contributed by atoms with Crippen LogP contribution in [-0.4, -0.2) is 9.97 Å². The summed E-state index contributed by atoms with van der Waals surface area (Å²) in [6.45, 7) is 0. The molecule has 0 spiro atoms. The third kappa shape index (κ3) is 2.63. The molecule has 0 atom stereocenters. The first kappa shape index (κ1) is 16.4. The molecule has 2 heterocycles. The second kappa shape index (κ2) is 6.50. The molecule has 0 unspecified atom stereocenters. The molecule has 4 aromatic carbocycles. The summed E-state index contributed by atoms with van der Waals surface area (Å²) in [4.78, 5) is 10.0. The second-order valence-electron chi connectivity index (χ2n) is 7.06. The zero-order valence-corrected chi connectivity index (χ0v) is 16.4. The standard InChI is InChI=1S/C26H16N2S/c1-3-9-17(10-4-1)25-24-20(27-26(28-25)18-11-5-2-6-12-18)15-16-22-23(24)19-13-7-8-14-21(19)29-22/h1-16H. The van der Waals surface area contributed by atoms with E-state index >= 15 is 0 Å². The van der Waals surface area contributed by atoms with Crippen molar-refractivity contribution >= 4 is 42.4 Å². The minimum atomic E-state index is 0.760. The fraction of sp³-hybridized carbons (Fsp3) is 0. The molecule has 2 nitrogen and oxygen atoms in total. The summed E-state index contributed by atoms with van der Waals surface area (Å²) in [5.41, 5.74) is 4.11. The maximum absolute atomic E-state index is 5.07. The van der Waals surface area contributed by atoms with Gasteiger partial charge in [0.05, 0.1) is 11.2 Å². The number of nitrogens with zero attached hydrogens (tertiary/aromatic N) is 2. The van der Waals surface area contributed by atoms with Crippen molar-refractivity contribution in [3.05, 3.63) is 97.1 Å². The molecule has 0 amide bonds. The second-order valence-corrected chi connectivity index (χ2v) is 8.14. The molecule has 0 saturated carbocycles. The third-order valence-electron chi connectivity index (χ3n) is 5.28. The smallest absolute Gasteiger partial charge is 0.160 e. The molecule has 29 heavy (non-hydrogen) atoms. The molecule has 6 rings (SSSR count). The maximum Gasteiger partial charge on any atom is 0.160 e. The predicted molar refractivity (Wildman–Crippen MR) is 123 cm³/mol. The summed E-state index contributed by atoms with van der Waals surface area (Å²) in [5.74, 6) is 0.760. The first-order valence-electron chi connectivity index (χ1n) is 9.61. The topological polar surface area (TPSA) is 25.8 Å². The zero-order chi connectivity index (χ0) is 19.2. The molecule has 0 aliphatic carbocycles. The van der Waals surface area contributed by atoms with E-state index in [-0.39, 0.29) is 0 Å². The average molecular weight is 388 g/mol. The Hall–Kier alpha value is -3.56. The highest BCUT2D eigenvalue weighted by molar-refractivity contribution is 7.26. The van der Waals surface area contributed by atoms with Gasteiger partial charge in [0.25, 0.3) is 0 Å². The highest BCUT2D eigenvalue weighted by Gasteiger charge is 2.16. The molecule has 0 saturated heterocycles. The van der Waals surface area contributed by atoms with Crippen LogP contribution in [0.15, 0.2) is 97.1 Å². The van der Waals surface area contributed by atoms with Crippen LogP contribution in [0.4, 0.5) is 0 Å². The highest BCUT2D eigenvalue weighted by Crippen LogP contribution is 2.41. The predicted octanol–water partition coefficient (Wildman–Crippen LogP) is 7.33. The first-order valence-corrected chi connectivity index (χ1v) is 10.4. The number of benzene rings is 4. The molecule has 0 radical (unpaired) electrons. The fourth-order valence-electron chi connectivity index (χ4n) is 3.96. The van der Waals surface area contributed by atoms with Crippen molar-refractivity contribution in [3.8, 4) is 22.6 Å². The minimum Gasteiger partial charge on any atom is -0.228 e.